The number of aromatic nitrogens is 3. The van der Waals surface area contributed by atoms with Crippen LogP contribution in [-0.2, 0) is 6.54 Å². The quantitative estimate of drug-likeness (QED) is 0.738. The maximum atomic E-state index is 12.6. The number of nitrogens with one attached hydrogen (secondary N) is 2. The van der Waals surface area contributed by atoms with Gasteiger partial charge in [-0.05, 0) is 19.1 Å². The highest BCUT2D eigenvalue weighted by molar-refractivity contribution is 5.81. The molecule has 142 valence electrons. The molecule has 4 rings (SSSR count). The highest BCUT2D eigenvalue weighted by Gasteiger charge is 2.21. The van der Waals surface area contributed by atoms with E-state index in [1.807, 2.05) is 27.1 Å². The molecule has 7 nitrogen and oxygen atoms in total. The second-order valence-electron chi connectivity index (χ2n) is 7.33. The first-order chi connectivity index (χ1) is 13.0. The normalized spacial score (nSPS) is 15.4. The monoisotopic (exact) mass is 366 g/mol. The molecule has 1 saturated heterocycles. The molecular formula is C20H26N6O. The summed E-state index contributed by atoms with van der Waals surface area (Å²) in [6, 6.07) is 10.5. The van der Waals surface area contributed by atoms with Crippen LogP contribution >= 0.6 is 0 Å². The number of para-hydroxylation sites is 1. The fraction of sp³-hybridized carbons (Fsp3) is 0.400. The van der Waals surface area contributed by atoms with E-state index in [0.717, 1.165) is 44.0 Å². The minimum absolute atomic E-state index is 0.0778. The molecule has 27 heavy (non-hydrogen) atoms. The van der Waals surface area contributed by atoms with Crippen molar-refractivity contribution < 1.29 is 0 Å². The van der Waals surface area contributed by atoms with Crippen molar-refractivity contribution in [1.82, 2.24) is 19.9 Å². The summed E-state index contributed by atoms with van der Waals surface area (Å²) < 4.78 is 0. The van der Waals surface area contributed by atoms with Crippen LogP contribution in [0.2, 0.25) is 0 Å². The van der Waals surface area contributed by atoms with E-state index >= 15 is 0 Å². The van der Waals surface area contributed by atoms with Crippen LogP contribution in [0.1, 0.15) is 11.3 Å². The van der Waals surface area contributed by atoms with Crippen LogP contribution in [0.25, 0.3) is 11.0 Å². The van der Waals surface area contributed by atoms with Crippen molar-refractivity contribution in [3.05, 3.63) is 51.9 Å². The van der Waals surface area contributed by atoms with E-state index in [2.05, 4.69) is 49.0 Å². The van der Waals surface area contributed by atoms with Gasteiger partial charge < -0.3 is 14.8 Å². The largest absolute Gasteiger partial charge is 0.369 e. The van der Waals surface area contributed by atoms with Gasteiger partial charge in [0.15, 0.2) is 0 Å². The molecule has 1 aliphatic heterocycles. The fourth-order valence-electron chi connectivity index (χ4n) is 3.71. The topological polar surface area (TPSA) is 71.3 Å². The average molecular weight is 366 g/mol. The number of fused-ring (bicyclic) bond motifs is 1. The van der Waals surface area contributed by atoms with Crippen LogP contribution in [0.5, 0.6) is 0 Å². The number of piperazine rings is 1. The summed E-state index contributed by atoms with van der Waals surface area (Å²) in [6.45, 7) is 6.71. The lowest BCUT2D eigenvalue weighted by molar-refractivity contribution is 0.250. The average Bonchev–Trinajstić information content (AvgIpc) is 2.99. The van der Waals surface area contributed by atoms with Gasteiger partial charge in [-0.15, -0.1) is 0 Å². The molecule has 7 heteroatoms. The minimum Gasteiger partial charge on any atom is -0.369 e. The molecule has 0 radical (unpaired) electrons. The number of aryl methyl sites for hydroxylation is 1. The van der Waals surface area contributed by atoms with E-state index in [9.17, 15) is 4.79 Å². The first kappa shape index (κ1) is 17.6. The summed E-state index contributed by atoms with van der Waals surface area (Å²) in [5, 5.41) is 0.684. The van der Waals surface area contributed by atoms with Gasteiger partial charge in [0.2, 0.25) is 5.95 Å². The number of benzene rings is 1. The molecule has 0 saturated carbocycles. The third-order valence-electron chi connectivity index (χ3n) is 5.27. The molecule has 1 aliphatic rings. The Hall–Kier alpha value is -2.80. The lowest BCUT2D eigenvalue weighted by Crippen LogP contribution is -2.46. The smallest absolute Gasteiger partial charge is 0.262 e. The highest BCUT2D eigenvalue weighted by atomic mass is 16.1. The number of hydrogen-bond donors (Lipinski definition) is 2. The van der Waals surface area contributed by atoms with E-state index < -0.39 is 0 Å². The number of H-pyrrole nitrogens is 2. The van der Waals surface area contributed by atoms with Crippen molar-refractivity contribution in [3.63, 3.8) is 0 Å². The molecule has 3 heterocycles. The van der Waals surface area contributed by atoms with Gasteiger partial charge in [0.05, 0.1) is 5.39 Å². The Labute approximate surface area is 158 Å². The molecular weight excluding hydrogens is 340 g/mol. The summed E-state index contributed by atoms with van der Waals surface area (Å²) in [5.74, 6) is 0.566. The predicted molar refractivity (Wildman–Crippen MR) is 110 cm³/mol. The lowest BCUT2D eigenvalue weighted by Gasteiger charge is -2.36. The summed E-state index contributed by atoms with van der Waals surface area (Å²) >= 11 is 0. The SMILES string of the molecule is Cc1[nH]c2nc(N(C)C)[nH]c(=O)c2c1CN1CCN(c2ccccc2)CC1. The zero-order chi connectivity index (χ0) is 19.0. The van der Waals surface area contributed by atoms with Gasteiger partial charge in [-0.25, -0.2) is 0 Å². The molecule has 0 atom stereocenters. The summed E-state index contributed by atoms with van der Waals surface area (Å²) in [5.41, 5.74) is 3.93. The Balaban J connectivity index is 1.53. The van der Waals surface area contributed by atoms with Gasteiger partial charge >= 0.3 is 0 Å². The number of hydrogen-bond acceptors (Lipinski definition) is 5. The molecule has 0 aliphatic carbocycles. The number of anilines is 2. The van der Waals surface area contributed by atoms with Crippen LogP contribution in [-0.4, -0.2) is 60.1 Å². The molecule has 1 fully saturated rings. The van der Waals surface area contributed by atoms with Crippen molar-refractivity contribution in [1.29, 1.82) is 0 Å². The first-order valence-corrected chi connectivity index (χ1v) is 9.34. The van der Waals surface area contributed by atoms with Gasteiger partial charge in [0, 0.05) is 63.8 Å². The summed E-state index contributed by atoms with van der Waals surface area (Å²) in [4.78, 5) is 30.0. The molecule has 3 aromatic rings. The highest BCUT2D eigenvalue weighted by Crippen LogP contribution is 2.22. The summed E-state index contributed by atoms with van der Waals surface area (Å²) in [6.07, 6.45) is 0. The molecule has 2 N–H and O–H groups in total. The Morgan fingerprint density at radius 2 is 1.78 bits per heavy atom. The molecule has 0 amide bonds. The Kier molecular flexibility index (Phi) is 4.61. The predicted octanol–water partition coefficient (Wildman–Crippen LogP) is 1.95. The molecule has 0 spiro atoms. The van der Waals surface area contributed by atoms with Gasteiger partial charge in [-0.2, -0.15) is 4.98 Å². The zero-order valence-electron chi connectivity index (χ0n) is 16.1. The third kappa shape index (κ3) is 3.42. The fourth-order valence-corrected chi connectivity index (χ4v) is 3.71. The Morgan fingerprint density at radius 1 is 1.07 bits per heavy atom. The second kappa shape index (κ2) is 7.08. The Morgan fingerprint density at radius 3 is 2.44 bits per heavy atom. The molecule has 1 aromatic carbocycles. The number of aromatic amines is 2. The van der Waals surface area contributed by atoms with Gasteiger partial charge in [-0.1, -0.05) is 18.2 Å². The van der Waals surface area contributed by atoms with Crippen LogP contribution in [0.3, 0.4) is 0 Å². The Bertz CT molecular complexity index is 983. The van der Waals surface area contributed by atoms with Gasteiger partial charge in [-0.3, -0.25) is 14.7 Å². The van der Waals surface area contributed by atoms with E-state index in [1.165, 1.54) is 5.69 Å². The van der Waals surface area contributed by atoms with Gasteiger partial charge in [0.25, 0.3) is 5.56 Å². The van der Waals surface area contributed by atoms with Gasteiger partial charge in [0.1, 0.15) is 5.65 Å². The van der Waals surface area contributed by atoms with Crippen molar-refractivity contribution in [2.45, 2.75) is 13.5 Å². The first-order valence-electron chi connectivity index (χ1n) is 9.34. The van der Waals surface area contributed by atoms with Crippen molar-refractivity contribution >= 4 is 22.7 Å². The van der Waals surface area contributed by atoms with Crippen LogP contribution in [0.15, 0.2) is 35.1 Å². The van der Waals surface area contributed by atoms with Crippen LogP contribution in [0, 0.1) is 6.92 Å². The van der Waals surface area contributed by atoms with Crippen LogP contribution in [0.4, 0.5) is 11.6 Å². The molecule has 0 unspecified atom stereocenters. The minimum atomic E-state index is -0.0778. The van der Waals surface area contributed by atoms with Crippen molar-refractivity contribution in [2.75, 3.05) is 50.1 Å². The van der Waals surface area contributed by atoms with Crippen molar-refractivity contribution in [2.24, 2.45) is 0 Å². The second-order valence-corrected chi connectivity index (χ2v) is 7.33. The molecule has 0 bridgehead atoms. The molecule has 2 aromatic heterocycles. The van der Waals surface area contributed by atoms with E-state index in [4.69, 9.17) is 0 Å². The van der Waals surface area contributed by atoms with E-state index in [0.29, 0.717) is 17.0 Å². The maximum Gasteiger partial charge on any atom is 0.262 e. The lowest BCUT2D eigenvalue weighted by atomic mass is 10.1. The van der Waals surface area contributed by atoms with E-state index in [-0.39, 0.29) is 5.56 Å². The standard InChI is InChI=1S/C20H26N6O/c1-14-16(17-18(21-14)22-20(24(2)3)23-19(17)27)13-25-9-11-26(12-10-25)15-7-5-4-6-8-15/h4-8H,9-13H2,1-3H3,(H2,21,22,23,27). The maximum absolute atomic E-state index is 12.6. The zero-order valence-corrected chi connectivity index (χ0v) is 16.1. The summed E-state index contributed by atoms with van der Waals surface area (Å²) in [7, 11) is 3.74. The van der Waals surface area contributed by atoms with E-state index in [1.54, 1.807) is 4.90 Å². The van der Waals surface area contributed by atoms with Crippen LogP contribution < -0.4 is 15.4 Å². The number of rotatable bonds is 4. The third-order valence-corrected chi connectivity index (χ3v) is 5.27. The number of nitrogens with zero attached hydrogens (tertiary/aromatic N) is 4. The van der Waals surface area contributed by atoms with Crippen molar-refractivity contribution in [3.8, 4) is 0 Å².